The molecule has 2 fully saturated rings. The first-order valence-corrected chi connectivity index (χ1v) is 10.0. The van der Waals surface area contributed by atoms with Gasteiger partial charge in [0.1, 0.15) is 11.9 Å². The van der Waals surface area contributed by atoms with Gasteiger partial charge < -0.3 is 9.94 Å². The summed E-state index contributed by atoms with van der Waals surface area (Å²) in [6.45, 7) is 4.90. The van der Waals surface area contributed by atoms with Gasteiger partial charge in [0, 0.05) is 18.0 Å². The van der Waals surface area contributed by atoms with Crippen LogP contribution in [0.5, 0.6) is 5.75 Å². The fourth-order valence-electron chi connectivity index (χ4n) is 4.42. The lowest BCUT2D eigenvalue weighted by Gasteiger charge is -2.28. The van der Waals surface area contributed by atoms with E-state index in [0.29, 0.717) is 18.2 Å². The first-order valence-electron chi connectivity index (χ1n) is 10.0. The number of unbranched alkanes of at least 4 members (excludes halogenated alkanes) is 2. The molecule has 1 aliphatic carbocycles. The Balaban J connectivity index is 1.63. The molecule has 1 N–H and O–H groups in total. The average Bonchev–Trinajstić information content (AvgIpc) is 3.31. The largest absolute Gasteiger partial charge is 0.490 e. The Morgan fingerprint density at radius 1 is 1.19 bits per heavy atom. The second kappa shape index (κ2) is 8.00. The van der Waals surface area contributed by atoms with Gasteiger partial charge in [-0.1, -0.05) is 26.2 Å². The quantitative estimate of drug-likeness (QED) is 0.618. The third-order valence-electron chi connectivity index (χ3n) is 6.41. The molecule has 1 aromatic carbocycles. The number of ether oxygens (including phenoxy) is 1. The van der Waals surface area contributed by atoms with E-state index in [4.69, 9.17) is 4.74 Å². The maximum atomic E-state index is 12.7. The van der Waals surface area contributed by atoms with Gasteiger partial charge in [-0.2, -0.15) is 18.2 Å². The molecule has 3 nitrogen and oxygen atoms in total. The number of nitrogens with zero attached hydrogens (tertiary/aromatic N) is 1. The Bertz CT molecular complexity index is 619. The van der Waals surface area contributed by atoms with Crippen molar-refractivity contribution in [3.05, 3.63) is 29.8 Å². The number of alkyl halides is 3. The minimum absolute atomic E-state index is 0.0293. The van der Waals surface area contributed by atoms with Crippen LogP contribution in [0.25, 0.3) is 0 Å². The van der Waals surface area contributed by atoms with Gasteiger partial charge in [-0.25, -0.2) is 0 Å². The van der Waals surface area contributed by atoms with Crippen molar-refractivity contribution in [3.8, 4) is 5.75 Å². The summed E-state index contributed by atoms with van der Waals surface area (Å²) in [5.41, 5.74) is -0.610. The minimum Gasteiger partial charge on any atom is -0.490 e. The highest BCUT2D eigenvalue weighted by Crippen LogP contribution is 2.57. The highest BCUT2D eigenvalue weighted by molar-refractivity contribution is 5.30. The summed E-state index contributed by atoms with van der Waals surface area (Å²) in [6, 6.07) is 5.09. The molecule has 3 rings (SSSR count). The summed E-state index contributed by atoms with van der Waals surface area (Å²) in [5, 5.41) is 11.8. The van der Waals surface area contributed by atoms with Gasteiger partial charge in [-0.3, -0.25) is 0 Å². The molecule has 4 atom stereocenters. The summed E-state index contributed by atoms with van der Waals surface area (Å²) < 4.78 is 44.1. The third-order valence-corrected chi connectivity index (χ3v) is 6.41. The molecule has 0 bridgehead atoms. The zero-order valence-corrected chi connectivity index (χ0v) is 16.1. The van der Waals surface area contributed by atoms with Crippen LogP contribution in [0.3, 0.4) is 0 Å². The van der Waals surface area contributed by atoms with Gasteiger partial charge in [0.15, 0.2) is 0 Å². The number of hydrogen-bond donors (Lipinski definition) is 1. The number of benzene rings is 1. The maximum Gasteiger partial charge on any atom is 0.416 e. The highest BCUT2D eigenvalue weighted by atomic mass is 19.4. The van der Waals surface area contributed by atoms with Crippen LogP contribution in [-0.2, 0) is 6.18 Å². The monoisotopic (exact) mass is 385 g/mol. The lowest BCUT2D eigenvalue weighted by Crippen LogP contribution is -2.34. The van der Waals surface area contributed by atoms with Crippen LogP contribution in [0, 0.1) is 11.3 Å². The van der Waals surface area contributed by atoms with E-state index in [9.17, 15) is 18.4 Å². The molecule has 6 heteroatoms. The van der Waals surface area contributed by atoms with E-state index in [2.05, 4.69) is 13.8 Å². The highest BCUT2D eigenvalue weighted by Gasteiger charge is 2.58. The summed E-state index contributed by atoms with van der Waals surface area (Å²) in [6.07, 6.45) is 3.14. The number of halogens is 3. The van der Waals surface area contributed by atoms with E-state index >= 15 is 0 Å². The molecule has 0 aromatic heterocycles. The molecular formula is C21H30F3NO2. The van der Waals surface area contributed by atoms with Gasteiger partial charge in [-0.05, 0) is 62.8 Å². The van der Waals surface area contributed by atoms with Crippen LogP contribution in [0.1, 0.15) is 64.4 Å². The van der Waals surface area contributed by atoms with E-state index in [1.54, 1.807) is 0 Å². The van der Waals surface area contributed by atoms with Gasteiger partial charge in [-0.15, -0.1) is 0 Å². The fraction of sp³-hybridized carbons (Fsp3) is 0.714. The molecular weight excluding hydrogens is 355 g/mol. The summed E-state index contributed by atoms with van der Waals surface area (Å²) in [4.78, 5) is 0. The van der Waals surface area contributed by atoms with Crippen LogP contribution in [0.4, 0.5) is 13.2 Å². The van der Waals surface area contributed by atoms with Crippen molar-refractivity contribution in [2.45, 2.75) is 77.1 Å². The van der Waals surface area contributed by atoms with Crippen molar-refractivity contribution in [1.82, 2.24) is 5.06 Å². The molecule has 1 spiro atoms. The normalized spacial score (nSPS) is 31.7. The van der Waals surface area contributed by atoms with Gasteiger partial charge in [0.05, 0.1) is 5.56 Å². The topological polar surface area (TPSA) is 32.7 Å². The van der Waals surface area contributed by atoms with Crippen molar-refractivity contribution in [1.29, 1.82) is 0 Å². The lowest BCUT2D eigenvalue weighted by atomic mass is 9.84. The molecule has 2 aliphatic rings. The van der Waals surface area contributed by atoms with Crippen molar-refractivity contribution in [2.24, 2.45) is 11.3 Å². The van der Waals surface area contributed by atoms with Crippen molar-refractivity contribution >= 4 is 0 Å². The van der Waals surface area contributed by atoms with Gasteiger partial charge in [0.2, 0.25) is 0 Å². The Labute approximate surface area is 159 Å². The Kier molecular flexibility index (Phi) is 6.06. The summed E-state index contributed by atoms with van der Waals surface area (Å²) in [5.74, 6) is 0.913. The Morgan fingerprint density at radius 2 is 1.89 bits per heavy atom. The van der Waals surface area contributed by atoms with E-state index in [1.165, 1.54) is 36.5 Å². The Morgan fingerprint density at radius 3 is 2.52 bits per heavy atom. The molecule has 1 aromatic rings. The van der Waals surface area contributed by atoms with Gasteiger partial charge >= 0.3 is 6.18 Å². The second-order valence-corrected chi connectivity index (χ2v) is 8.31. The minimum atomic E-state index is -4.33. The van der Waals surface area contributed by atoms with Gasteiger partial charge in [0.25, 0.3) is 0 Å². The Hall–Kier alpha value is -1.27. The smallest absolute Gasteiger partial charge is 0.416 e. The number of rotatable bonds is 6. The van der Waals surface area contributed by atoms with E-state index in [-0.39, 0.29) is 17.6 Å². The lowest BCUT2D eigenvalue weighted by molar-refractivity contribution is -0.137. The molecule has 1 saturated heterocycles. The van der Waals surface area contributed by atoms with Crippen LogP contribution in [-0.4, -0.2) is 29.0 Å². The molecule has 1 heterocycles. The summed E-state index contributed by atoms with van der Waals surface area (Å²) in [7, 11) is 0. The first kappa shape index (κ1) is 20.5. The number of hydroxylamine groups is 2. The number of hydrogen-bond acceptors (Lipinski definition) is 3. The zero-order valence-electron chi connectivity index (χ0n) is 16.1. The molecule has 152 valence electrons. The average molecular weight is 385 g/mol. The van der Waals surface area contributed by atoms with Crippen LogP contribution in [0.15, 0.2) is 24.3 Å². The third kappa shape index (κ3) is 4.77. The molecule has 1 saturated carbocycles. The molecule has 2 unspecified atom stereocenters. The maximum absolute atomic E-state index is 12.7. The summed E-state index contributed by atoms with van der Waals surface area (Å²) >= 11 is 0. The first-order chi connectivity index (χ1) is 12.7. The molecule has 0 amide bonds. The van der Waals surface area contributed by atoms with Crippen molar-refractivity contribution in [2.75, 3.05) is 6.54 Å². The SMILES string of the molecule is CCCCCC1CC2(CCN(O)[C@@H]1C)C[C@H]2Oc1ccc(C(F)(F)F)cc1. The zero-order chi connectivity index (χ0) is 19.7. The fourth-order valence-corrected chi connectivity index (χ4v) is 4.42. The van der Waals surface area contributed by atoms with Crippen molar-refractivity contribution < 1.29 is 23.1 Å². The standard InChI is InChI=1S/C21H30F3NO2/c1-3-4-5-6-16-13-20(11-12-25(26)15(16)2)14-19(20)27-18-9-7-17(8-10-18)21(22,23)24/h7-10,15-16,19,26H,3-6,11-14H2,1-2H3/t15-,16?,19-,20?/m1/s1. The molecule has 0 radical (unpaired) electrons. The second-order valence-electron chi connectivity index (χ2n) is 8.31. The van der Waals surface area contributed by atoms with Crippen LogP contribution < -0.4 is 4.74 Å². The molecule has 1 aliphatic heterocycles. The predicted octanol–water partition coefficient (Wildman–Crippen LogP) is 5.91. The van der Waals surface area contributed by atoms with Crippen LogP contribution >= 0.6 is 0 Å². The molecule has 27 heavy (non-hydrogen) atoms. The predicted molar refractivity (Wildman–Crippen MR) is 97.7 cm³/mol. The van der Waals surface area contributed by atoms with E-state index < -0.39 is 11.7 Å². The van der Waals surface area contributed by atoms with E-state index in [0.717, 1.165) is 37.8 Å². The van der Waals surface area contributed by atoms with E-state index in [1.807, 2.05) is 0 Å². The van der Waals surface area contributed by atoms with Crippen LogP contribution in [0.2, 0.25) is 0 Å². The van der Waals surface area contributed by atoms with Crippen molar-refractivity contribution in [3.63, 3.8) is 0 Å².